The highest BCUT2D eigenvalue weighted by Crippen LogP contribution is 2.46. The number of ketones is 1. The number of carbonyl (C=O) groups is 2. The molecule has 12 heteroatoms. The first-order chi connectivity index (χ1) is 17.9. The van der Waals surface area contributed by atoms with E-state index in [-0.39, 0.29) is 22.9 Å². The Bertz CT molecular complexity index is 1540. The minimum Gasteiger partial charge on any atom is -0.501 e. The predicted molar refractivity (Wildman–Crippen MR) is 140 cm³/mol. The number of fused-ring (bicyclic) bond motifs is 2. The molecule has 4 aromatic rings. The number of esters is 1. The van der Waals surface area contributed by atoms with Crippen molar-refractivity contribution in [1.29, 1.82) is 0 Å². The lowest BCUT2D eigenvalue weighted by Gasteiger charge is -2.27. The number of methoxy groups -OCH3 is 2. The van der Waals surface area contributed by atoms with Gasteiger partial charge in [-0.1, -0.05) is 18.7 Å². The molecule has 0 spiro atoms. The molecule has 0 aliphatic carbocycles. The SMILES string of the molecule is CCCC(=O)C1(CSc2nc3ccc(OC)cc3[nH]2)OC(=O)C(O)=C1Sc1nc2ccc(OC)cc2[nH]1. The van der Waals surface area contributed by atoms with Crippen molar-refractivity contribution in [1.82, 2.24) is 19.9 Å². The summed E-state index contributed by atoms with van der Waals surface area (Å²) in [6, 6.07) is 10.8. The first-order valence-corrected chi connectivity index (χ1v) is 13.3. The molecule has 3 heterocycles. The normalized spacial score (nSPS) is 17.5. The van der Waals surface area contributed by atoms with Crippen LogP contribution in [-0.4, -0.2) is 62.4 Å². The van der Waals surface area contributed by atoms with Gasteiger partial charge in [-0.15, -0.1) is 0 Å². The molecule has 1 aliphatic heterocycles. The highest BCUT2D eigenvalue weighted by atomic mass is 32.2. The quantitative estimate of drug-likeness (QED) is 0.190. The number of benzene rings is 2. The number of aromatic nitrogens is 4. The number of aromatic amines is 2. The number of nitrogens with zero attached hydrogens (tertiary/aromatic N) is 2. The molecule has 10 nitrogen and oxygen atoms in total. The van der Waals surface area contributed by atoms with Crippen molar-refractivity contribution in [2.24, 2.45) is 0 Å². The molecular formula is C25H24N4O6S2. The van der Waals surface area contributed by atoms with Crippen LogP contribution in [0.4, 0.5) is 0 Å². The molecule has 0 bridgehead atoms. The minimum absolute atomic E-state index is 0.0228. The van der Waals surface area contributed by atoms with Gasteiger partial charge in [-0.3, -0.25) is 4.79 Å². The van der Waals surface area contributed by atoms with E-state index < -0.39 is 17.3 Å². The number of thioether (sulfide) groups is 2. The second-order valence-corrected chi connectivity index (χ2v) is 10.3. The summed E-state index contributed by atoms with van der Waals surface area (Å²) >= 11 is 2.23. The van der Waals surface area contributed by atoms with Crippen molar-refractivity contribution >= 4 is 57.3 Å². The van der Waals surface area contributed by atoms with Gasteiger partial charge in [0.1, 0.15) is 11.5 Å². The molecule has 1 atom stereocenters. The molecule has 0 radical (unpaired) electrons. The van der Waals surface area contributed by atoms with Gasteiger partial charge in [0.25, 0.3) is 0 Å². The van der Waals surface area contributed by atoms with Crippen LogP contribution in [0, 0.1) is 0 Å². The molecule has 5 rings (SSSR count). The summed E-state index contributed by atoms with van der Waals surface area (Å²) in [6.07, 6.45) is 0.718. The van der Waals surface area contributed by atoms with Crippen molar-refractivity contribution in [3.8, 4) is 11.5 Å². The number of ether oxygens (including phenoxy) is 3. The molecule has 0 saturated heterocycles. The summed E-state index contributed by atoms with van der Waals surface area (Å²) in [5.74, 6) is -0.488. The fraction of sp³-hybridized carbons (Fsp3) is 0.280. The van der Waals surface area contributed by atoms with Crippen LogP contribution in [0.2, 0.25) is 0 Å². The molecular weight excluding hydrogens is 516 g/mol. The van der Waals surface area contributed by atoms with Crippen LogP contribution in [0.15, 0.2) is 57.4 Å². The maximum absolute atomic E-state index is 13.4. The Morgan fingerprint density at radius 2 is 1.62 bits per heavy atom. The van der Waals surface area contributed by atoms with E-state index in [2.05, 4.69) is 19.9 Å². The summed E-state index contributed by atoms with van der Waals surface area (Å²) in [5.41, 5.74) is 1.20. The zero-order chi connectivity index (χ0) is 26.2. The zero-order valence-corrected chi connectivity index (χ0v) is 21.9. The lowest BCUT2D eigenvalue weighted by molar-refractivity contribution is -0.155. The van der Waals surface area contributed by atoms with Gasteiger partial charge in [-0.05, 0) is 42.4 Å². The number of nitrogens with one attached hydrogen (secondary N) is 2. The fourth-order valence-corrected chi connectivity index (χ4v) is 6.24. The summed E-state index contributed by atoms with van der Waals surface area (Å²) in [6.45, 7) is 1.87. The fourth-order valence-electron chi connectivity index (χ4n) is 4.02. The van der Waals surface area contributed by atoms with Gasteiger partial charge in [0, 0.05) is 18.6 Å². The van der Waals surface area contributed by atoms with Crippen molar-refractivity contribution in [3.63, 3.8) is 0 Å². The van der Waals surface area contributed by atoms with Gasteiger partial charge in [0.15, 0.2) is 16.1 Å². The number of Topliss-reactive ketones (excluding diaryl/α,β-unsaturated/α-hetero) is 1. The zero-order valence-electron chi connectivity index (χ0n) is 20.3. The molecule has 0 saturated carbocycles. The van der Waals surface area contributed by atoms with E-state index in [0.717, 1.165) is 22.8 Å². The Hall–Kier alpha value is -3.64. The Labute approximate surface area is 220 Å². The van der Waals surface area contributed by atoms with Crippen LogP contribution in [0.3, 0.4) is 0 Å². The first-order valence-electron chi connectivity index (χ1n) is 11.5. The summed E-state index contributed by atoms with van der Waals surface area (Å²) in [4.78, 5) is 41.6. The van der Waals surface area contributed by atoms with Crippen molar-refractivity contribution in [2.75, 3.05) is 20.0 Å². The number of carbonyl (C=O) groups excluding carboxylic acids is 2. The number of hydrogen-bond acceptors (Lipinski definition) is 10. The Kier molecular flexibility index (Phi) is 6.78. The summed E-state index contributed by atoms with van der Waals surface area (Å²) in [5, 5.41) is 11.7. The van der Waals surface area contributed by atoms with Gasteiger partial charge in [-0.2, -0.15) is 0 Å². The predicted octanol–water partition coefficient (Wildman–Crippen LogP) is 4.78. The van der Waals surface area contributed by atoms with E-state index >= 15 is 0 Å². The highest BCUT2D eigenvalue weighted by Gasteiger charge is 2.54. The third kappa shape index (κ3) is 4.62. The molecule has 3 N–H and O–H groups in total. The first kappa shape index (κ1) is 25.0. The highest BCUT2D eigenvalue weighted by molar-refractivity contribution is 8.03. The van der Waals surface area contributed by atoms with Gasteiger partial charge in [-0.25, -0.2) is 14.8 Å². The van der Waals surface area contributed by atoms with Crippen LogP contribution in [0.1, 0.15) is 19.8 Å². The Balaban J connectivity index is 1.48. The van der Waals surface area contributed by atoms with Crippen LogP contribution >= 0.6 is 23.5 Å². The minimum atomic E-state index is -1.68. The molecule has 0 fully saturated rings. The monoisotopic (exact) mass is 540 g/mol. The number of imidazole rings is 2. The lowest BCUT2D eigenvalue weighted by atomic mass is 9.97. The van der Waals surface area contributed by atoms with E-state index in [4.69, 9.17) is 14.2 Å². The number of aliphatic hydroxyl groups is 1. The van der Waals surface area contributed by atoms with Crippen LogP contribution in [0.25, 0.3) is 22.1 Å². The molecule has 0 amide bonds. The molecule has 2 aromatic carbocycles. The molecule has 1 unspecified atom stereocenters. The van der Waals surface area contributed by atoms with Gasteiger partial charge >= 0.3 is 5.97 Å². The van der Waals surface area contributed by atoms with Gasteiger partial charge < -0.3 is 29.3 Å². The molecule has 2 aromatic heterocycles. The van der Waals surface area contributed by atoms with Crippen molar-refractivity contribution in [3.05, 3.63) is 47.1 Å². The smallest absolute Gasteiger partial charge is 0.375 e. The summed E-state index contributed by atoms with van der Waals surface area (Å²) in [7, 11) is 3.16. The molecule has 37 heavy (non-hydrogen) atoms. The average Bonchev–Trinajstić information content (AvgIpc) is 3.57. The largest absolute Gasteiger partial charge is 0.501 e. The van der Waals surface area contributed by atoms with E-state index in [9.17, 15) is 14.7 Å². The number of rotatable bonds is 10. The third-order valence-corrected chi connectivity index (χ3v) is 8.05. The second-order valence-electron chi connectivity index (χ2n) is 8.31. The summed E-state index contributed by atoms with van der Waals surface area (Å²) < 4.78 is 16.2. The van der Waals surface area contributed by atoms with Crippen molar-refractivity contribution in [2.45, 2.75) is 35.7 Å². The Morgan fingerprint density at radius 3 is 2.22 bits per heavy atom. The van der Waals surface area contributed by atoms with Crippen LogP contribution < -0.4 is 9.47 Å². The van der Waals surface area contributed by atoms with E-state index in [1.165, 1.54) is 11.8 Å². The number of H-pyrrole nitrogens is 2. The second kappa shape index (κ2) is 10.0. The maximum atomic E-state index is 13.4. The standard InChI is InChI=1S/C25H24N4O6S2/c1-4-5-19(30)25(12-36-23-26-15-8-6-13(33-2)10-17(15)28-23)21(20(31)22(32)35-25)37-24-27-16-9-7-14(34-3)11-18(16)29-24/h6-11,31H,4-5,12H2,1-3H3,(H,26,28)(H,27,29). The average molecular weight is 541 g/mol. The molecule has 192 valence electrons. The molecule has 1 aliphatic rings. The Morgan fingerprint density at radius 1 is 1.03 bits per heavy atom. The van der Waals surface area contributed by atoms with Crippen LogP contribution in [0.5, 0.6) is 11.5 Å². The van der Waals surface area contributed by atoms with Gasteiger partial charge in [0.05, 0.1) is 46.9 Å². The van der Waals surface area contributed by atoms with Crippen LogP contribution in [-0.2, 0) is 14.3 Å². The van der Waals surface area contributed by atoms with E-state index in [1.54, 1.807) is 38.5 Å². The topological polar surface area (TPSA) is 139 Å². The third-order valence-electron chi connectivity index (χ3n) is 5.92. The lowest BCUT2D eigenvalue weighted by Crippen LogP contribution is -2.43. The van der Waals surface area contributed by atoms with E-state index in [0.29, 0.717) is 39.3 Å². The number of aliphatic hydroxyl groups excluding tert-OH is 1. The van der Waals surface area contributed by atoms with Gasteiger partial charge in [0.2, 0.25) is 11.4 Å². The number of cyclic esters (lactones) is 1. The van der Waals surface area contributed by atoms with E-state index in [1.807, 2.05) is 19.1 Å². The maximum Gasteiger partial charge on any atom is 0.375 e. The number of hydrogen-bond donors (Lipinski definition) is 3. The van der Waals surface area contributed by atoms with Crippen molar-refractivity contribution < 1.29 is 28.9 Å².